The lowest BCUT2D eigenvalue weighted by molar-refractivity contribution is 0.0883. The van der Waals surface area contributed by atoms with Crippen LogP contribution in [0.4, 0.5) is 0 Å². The largest absolute Gasteiger partial charge is 0.303 e. The molecule has 1 aliphatic heterocycles. The lowest BCUT2D eigenvalue weighted by atomic mass is 9.97. The Morgan fingerprint density at radius 1 is 1.28 bits per heavy atom. The van der Waals surface area contributed by atoms with Crippen molar-refractivity contribution in [3.8, 4) is 0 Å². The Balaban J connectivity index is 2.45. The summed E-state index contributed by atoms with van der Waals surface area (Å²) in [5, 5.41) is 0. The van der Waals surface area contributed by atoms with Crippen LogP contribution >= 0.6 is 0 Å². The third kappa shape index (κ3) is 3.42. The predicted molar refractivity (Wildman–Crippen MR) is 75.0 cm³/mol. The van der Waals surface area contributed by atoms with Crippen LogP contribution in [0.2, 0.25) is 0 Å². The van der Waals surface area contributed by atoms with Crippen molar-refractivity contribution < 1.29 is 18.5 Å². The molecule has 1 heterocycles. The topological polar surface area (TPSA) is 20.3 Å². The Kier molecular flexibility index (Phi) is 1.86. The lowest BCUT2D eigenvalue weighted by Gasteiger charge is -2.28. The molecule has 2 rings (SSSR count). The second kappa shape index (κ2) is 6.14. The van der Waals surface area contributed by atoms with Crippen LogP contribution < -0.4 is 0 Å². The fourth-order valence-electron chi connectivity index (χ4n) is 1.70. The van der Waals surface area contributed by atoms with Gasteiger partial charge in [-0.1, -0.05) is 43.1 Å². The minimum absolute atomic E-state index is 0.304. The molecular formula is C16H23NO. The van der Waals surface area contributed by atoms with Gasteiger partial charge in [0.2, 0.25) is 0 Å². The van der Waals surface area contributed by atoms with Crippen molar-refractivity contribution in [2.45, 2.75) is 33.0 Å². The third-order valence-corrected chi connectivity index (χ3v) is 2.75. The van der Waals surface area contributed by atoms with Gasteiger partial charge in [-0.3, -0.25) is 4.79 Å². The number of benzene rings is 1. The maximum Gasteiger partial charge on any atom is 0.166 e. The van der Waals surface area contributed by atoms with Crippen LogP contribution in [0.5, 0.6) is 0 Å². The van der Waals surface area contributed by atoms with Crippen LogP contribution in [0, 0.1) is 12.8 Å². The molecule has 98 valence electrons. The highest BCUT2D eigenvalue weighted by molar-refractivity contribution is 5.97. The second-order valence-electron chi connectivity index (χ2n) is 4.34. The molecule has 2 nitrogen and oxygen atoms in total. The molecule has 1 aromatic rings. The number of hydrogen-bond acceptors (Lipinski definition) is 2. The minimum Gasteiger partial charge on any atom is -0.303 e. The summed E-state index contributed by atoms with van der Waals surface area (Å²) in [4.78, 5) is 13.0. The number of aryl methyl sites for hydroxylation is 1. The van der Waals surface area contributed by atoms with E-state index in [0.29, 0.717) is 10.5 Å². The normalized spacial score (nSPS) is 40.8. The van der Waals surface area contributed by atoms with Gasteiger partial charge in [-0.25, -0.2) is 0 Å². The van der Waals surface area contributed by atoms with Crippen molar-refractivity contribution in [1.29, 1.82) is 0 Å². The van der Waals surface area contributed by atoms with E-state index in [9.17, 15) is 4.79 Å². The fourth-order valence-corrected chi connectivity index (χ4v) is 1.70. The summed E-state index contributed by atoms with van der Waals surface area (Å²) in [7, 11) is 0. The summed E-state index contributed by atoms with van der Waals surface area (Å²) in [5.74, 6) is -1.41. The Morgan fingerprint density at radius 2 is 1.89 bits per heavy atom. The summed E-state index contributed by atoms with van der Waals surface area (Å²) >= 11 is 0. The Bertz CT molecular complexity index is 729. The Hall–Kier alpha value is -1.15. The first-order valence-electron chi connectivity index (χ1n) is 10.8. The molecule has 0 aliphatic carbocycles. The zero-order valence-corrected chi connectivity index (χ0v) is 10.4. The monoisotopic (exact) mass is 255 g/mol. The number of ketones is 1. The number of hydrogen-bond donors (Lipinski definition) is 0. The highest BCUT2D eigenvalue weighted by Gasteiger charge is 2.19. The van der Waals surface area contributed by atoms with Crippen molar-refractivity contribution in [1.82, 2.24) is 4.90 Å². The maximum atomic E-state index is 12.7. The number of rotatable bonds is 4. The zero-order valence-electron chi connectivity index (χ0n) is 20.4. The molecule has 18 heavy (non-hydrogen) atoms. The molecule has 0 N–H and O–H groups in total. The molecule has 1 aliphatic rings. The molecule has 1 saturated heterocycles. The molecule has 1 aromatic carbocycles. The third-order valence-electron chi connectivity index (χ3n) is 2.75. The molecule has 0 radical (unpaired) electrons. The van der Waals surface area contributed by atoms with Crippen LogP contribution in [-0.4, -0.2) is 30.2 Å². The van der Waals surface area contributed by atoms with Crippen molar-refractivity contribution in [3.63, 3.8) is 0 Å². The fraction of sp³-hybridized carbons (Fsp3) is 0.562. The van der Waals surface area contributed by atoms with E-state index in [1.807, 2.05) is 6.92 Å². The Labute approximate surface area is 124 Å². The Morgan fingerprint density at radius 3 is 2.50 bits per heavy atom. The number of piperidine rings is 1. The van der Waals surface area contributed by atoms with Crippen LogP contribution in [0.1, 0.15) is 55.7 Å². The number of carbonyl (C=O) groups is 1. The van der Waals surface area contributed by atoms with E-state index >= 15 is 0 Å². The van der Waals surface area contributed by atoms with Crippen LogP contribution in [0.3, 0.4) is 0 Å². The molecule has 2 heteroatoms. The van der Waals surface area contributed by atoms with Gasteiger partial charge in [-0.05, 0) is 32.7 Å². The van der Waals surface area contributed by atoms with Gasteiger partial charge in [0.15, 0.2) is 5.78 Å². The average molecular weight is 255 g/mol. The number of likely N-dealkylation sites (tertiary alicyclic amines) is 1. The molecule has 0 spiro atoms. The summed E-state index contributed by atoms with van der Waals surface area (Å²) < 4.78 is 79.7. The lowest BCUT2D eigenvalue weighted by Crippen LogP contribution is -2.35. The molecular weight excluding hydrogens is 222 g/mol. The van der Waals surface area contributed by atoms with E-state index in [0.717, 1.165) is 5.56 Å². The van der Waals surface area contributed by atoms with Crippen LogP contribution in [-0.2, 0) is 0 Å². The zero-order chi connectivity index (χ0) is 21.9. The molecule has 0 aromatic heterocycles. The van der Waals surface area contributed by atoms with Gasteiger partial charge in [0.05, 0.1) is 0 Å². The van der Waals surface area contributed by atoms with Gasteiger partial charge in [0.1, 0.15) is 0 Å². The first-order valence-corrected chi connectivity index (χ1v) is 5.81. The molecule has 1 atom stereocenters. The quantitative estimate of drug-likeness (QED) is 0.769. The predicted octanol–water partition coefficient (Wildman–Crippen LogP) is 3.30. The smallest absolute Gasteiger partial charge is 0.166 e. The van der Waals surface area contributed by atoms with Crippen molar-refractivity contribution >= 4 is 5.78 Å². The van der Waals surface area contributed by atoms with Gasteiger partial charge in [-0.2, -0.15) is 0 Å². The molecule has 0 unspecified atom stereocenters. The molecule has 0 amide bonds. The van der Waals surface area contributed by atoms with E-state index in [1.165, 1.54) is 6.92 Å². The van der Waals surface area contributed by atoms with E-state index < -0.39 is 50.4 Å². The SMILES string of the molecule is [2H]C1([2H])N(C[C@@H](C)C(=O)c2ccc(C)cc2)C([2H])([2H])C([2H])([2H])C([2H])([2H])C1([2H])[2H]. The summed E-state index contributed by atoms with van der Waals surface area (Å²) in [6, 6.07) is 6.58. The van der Waals surface area contributed by atoms with E-state index in [4.69, 9.17) is 13.7 Å². The molecule has 0 bridgehead atoms. The molecule has 1 fully saturated rings. The van der Waals surface area contributed by atoms with Gasteiger partial charge in [0.25, 0.3) is 0 Å². The first-order chi connectivity index (χ1) is 12.4. The maximum absolute atomic E-state index is 12.7. The summed E-state index contributed by atoms with van der Waals surface area (Å²) in [6.07, 6.45) is -10.2. The van der Waals surface area contributed by atoms with E-state index in [-0.39, 0.29) is 0 Å². The number of carbonyl (C=O) groups excluding carboxylic acids is 1. The standard InChI is InChI=1S/C16H23NO/c1-13-6-8-15(9-7-13)16(18)14(2)12-17-10-4-3-5-11-17/h6-9,14H,3-5,10-12H2,1-2H3/t14-/m1/s1/i3D2,4D2,5D2,10D2,11D2. The number of nitrogens with zero attached hydrogens (tertiary/aromatic N) is 1. The number of Topliss-reactive ketones (excluding diaryl/α,β-unsaturated/α-hetero) is 1. The highest BCUT2D eigenvalue weighted by atomic mass is 16.1. The first kappa shape index (κ1) is 5.46. The highest BCUT2D eigenvalue weighted by Crippen LogP contribution is 2.15. The summed E-state index contributed by atoms with van der Waals surface area (Å²) in [6.45, 7) is -3.77. The van der Waals surface area contributed by atoms with Crippen molar-refractivity contribution in [2.24, 2.45) is 5.92 Å². The van der Waals surface area contributed by atoms with Gasteiger partial charge < -0.3 is 4.90 Å². The van der Waals surface area contributed by atoms with Gasteiger partial charge >= 0.3 is 0 Å². The van der Waals surface area contributed by atoms with E-state index in [1.54, 1.807) is 24.3 Å². The van der Waals surface area contributed by atoms with Crippen LogP contribution in [0.25, 0.3) is 0 Å². The van der Waals surface area contributed by atoms with Crippen LogP contribution in [0.15, 0.2) is 24.3 Å². The van der Waals surface area contributed by atoms with Gasteiger partial charge in [0, 0.05) is 31.7 Å². The minimum atomic E-state index is -3.45. The van der Waals surface area contributed by atoms with Crippen molar-refractivity contribution in [2.75, 3.05) is 19.5 Å². The van der Waals surface area contributed by atoms with E-state index in [2.05, 4.69) is 0 Å². The summed E-state index contributed by atoms with van der Waals surface area (Å²) in [5.41, 5.74) is 1.24. The second-order valence-corrected chi connectivity index (χ2v) is 4.34. The van der Waals surface area contributed by atoms with Gasteiger partial charge in [-0.15, -0.1) is 0 Å². The van der Waals surface area contributed by atoms with Crippen molar-refractivity contribution in [3.05, 3.63) is 35.4 Å². The molecule has 0 saturated carbocycles. The average Bonchev–Trinajstić information content (AvgIpc) is 2.57.